The molecule has 1 aliphatic heterocycles. The van der Waals surface area contributed by atoms with Crippen molar-refractivity contribution in [1.29, 1.82) is 0 Å². The van der Waals surface area contributed by atoms with Gasteiger partial charge in [0.15, 0.2) is 5.69 Å². The van der Waals surface area contributed by atoms with Crippen molar-refractivity contribution in [2.24, 2.45) is 0 Å². The van der Waals surface area contributed by atoms with Gasteiger partial charge in [0, 0.05) is 16.9 Å². The normalized spacial score (nSPS) is 16.3. The van der Waals surface area contributed by atoms with Crippen molar-refractivity contribution in [2.75, 3.05) is 11.5 Å². The van der Waals surface area contributed by atoms with E-state index in [-0.39, 0.29) is 5.19 Å². The quantitative estimate of drug-likeness (QED) is 0.736. The summed E-state index contributed by atoms with van der Waals surface area (Å²) in [6, 6.07) is 7.43. The Balaban J connectivity index is 1.69. The lowest BCUT2D eigenvalue weighted by Gasteiger charge is -2.09. The van der Waals surface area contributed by atoms with Crippen LogP contribution in [0, 0.1) is 0 Å². The van der Waals surface area contributed by atoms with Gasteiger partial charge in [-0.05, 0) is 17.7 Å². The number of rotatable bonds is 3. The Morgan fingerprint density at radius 3 is 2.33 bits per heavy atom. The molecule has 0 saturated carbocycles. The highest BCUT2D eigenvalue weighted by molar-refractivity contribution is 8.19. The fourth-order valence-electron chi connectivity index (χ4n) is 1.78. The number of benzene rings is 1. The van der Waals surface area contributed by atoms with E-state index in [1.807, 2.05) is 35.7 Å². The number of thioether (sulfide) groups is 2. The van der Waals surface area contributed by atoms with Crippen LogP contribution in [0.4, 0.5) is 13.2 Å². The summed E-state index contributed by atoms with van der Waals surface area (Å²) in [5.41, 5.74) is 0.280. The topological polar surface area (TPSA) is 22.1 Å². The summed E-state index contributed by atoms with van der Waals surface area (Å²) in [4.78, 5) is 3.44. The third-order valence-corrected chi connectivity index (χ3v) is 6.57. The summed E-state index contributed by atoms with van der Waals surface area (Å²) in [5, 5.41) is 0.954. The molecule has 0 bridgehead atoms. The lowest BCUT2D eigenvalue weighted by molar-refractivity contribution is -0.140. The molecule has 21 heavy (non-hydrogen) atoms. The van der Waals surface area contributed by atoms with Gasteiger partial charge in [0.25, 0.3) is 5.19 Å². The molecule has 1 saturated heterocycles. The van der Waals surface area contributed by atoms with Gasteiger partial charge in [-0.1, -0.05) is 23.5 Å². The molecule has 1 aromatic heterocycles. The fraction of sp³-hybridized carbons (Fsp3) is 0.308. The molecular formula is C13H10F3NOS3. The highest BCUT2D eigenvalue weighted by Gasteiger charge is 2.34. The molecule has 2 heterocycles. The largest absolute Gasteiger partial charge is 0.434 e. The minimum absolute atomic E-state index is 0.000286. The maximum absolute atomic E-state index is 12.4. The predicted molar refractivity (Wildman–Crippen MR) is 81.3 cm³/mol. The highest BCUT2D eigenvalue weighted by atomic mass is 32.2. The second-order valence-corrected chi connectivity index (χ2v) is 7.79. The fourth-order valence-corrected chi connectivity index (χ4v) is 5.33. The summed E-state index contributed by atoms with van der Waals surface area (Å²) < 4.78 is 43.2. The molecule has 3 rings (SSSR count). The second-order valence-electron chi connectivity index (χ2n) is 4.24. The van der Waals surface area contributed by atoms with Crippen LogP contribution in [0.25, 0.3) is 0 Å². The molecule has 0 aliphatic carbocycles. The summed E-state index contributed by atoms with van der Waals surface area (Å²) in [6.45, 7) is 0. The monoisotopic (exact) mass is 349 g/mol. The zero-order valence-electron chi connectivity index (χ0n) is 10.6. The van der Waals surface area contributed by atoms with E-state index < -0.39 is 11.9 Å². The van der Waals surface area contributed by atoms with E-state index in [0.717, 1.165) is 28.2 Å². The van der Waals surface area contributed by atoms with Gasteiger partial charge in [-0.25, -0.2) is 0 Å². The van der Waals surface area contributed by atoms with Crippen LogP contribution in [0.5, 0.6) is 10.9 Å². The van der Waals surface area contributed by atoms with E-state index in [1.165, 1.54) is 5.56 Å². The van der Waals surface area contributed by atoms with E-state index in [4.69, 9.17) is 4.74 Å². The molecule has 0 amide bonds. The lowest BCUT2D eigenvalue weighted by atomic mass is 10.2. The first-order valence-corrected chi connectivity index (χ1v) is 9.04. The number of halogens is 3. The van der Waals surface area contributed by atoms with Crippen molar-refractivity contribution in [3.63, 3.8) is 0 Å². The minimum atomic E-state index is -4.43. The zero-order chi connectivity index (χ0) is 14.9. The molecule has 1 aliphatic rings. The molecule has 1 aromatic carbocycles. The minimum Gasteiger partial charge on any atom is -0.431 e. The number of hydrogen-bond acceptors (Lipinski definition) is 5. The van der Waals surface area contributed by atoms with E-state index >= 15 is 0 Å². The predicted octanol–water partition coefficient (Wildman–Crippen LogP) is 5.43. The van der Waals surface area contributed by atoms with Crippen LogP contribution < -0.4 is 4.74 Å². The summed E-state index contributed by atoms with van der Waals surface area (Å²) in [6.07, 6.45) is -4.43. The van der Waals surface area contributed by atoms with Crippen molar-refractivity contribution >= 4 is 34.9 Å². The Kier molecular flexibility index (Phi) is 4.37. The van der Waals surface area contributed by atoms with Gasteiger partial charge in [-0.15, -0.1) is 23.5 Å². The van der Waals surface area contributed by atoms with Crippen LogP contribution in [0.15, 0.2) is 29.6 Å². The van der Waals surface area contributed by atoms with Gasteiger partial charge in [0.05, 0.1) is 4.58 Å². The van der Waals surface area contributed by atoms with Crippen molar-refractivity contribution in [3.8, 4) is 10.9 Å². The van der Waals surface area contributed by atoms with Crippen LogP contribution in [0.1, 0.15) is 15.8 Å². The van der Waals surface area contributed by atoms with E-state index in [2.05, 4.69) is 4.98 Å². The average Bonchev–Trinajstić information content (AvgIpc) is 3.09. The molecule has 2 aromatic rings. The molecule has 0 radical (unpaired) electrons. The zero-order valence-corrected chi connectivity index (χ0v) is 13.0. The maximum Gasteiger partial charge on any atom is 0.434 e. The Bertz CT molecular complexity index is 606. The van der Waals surface area contributed by atoms with Crippen molar-refractivity contribution in [1.82, 2.24) is 4.98 Å². The van der Waals surface area contributed by atoms with Crippen LogP contribution in [-0.2, 0) is 6.18 Å². The smallest absolute Gasteiger partial charge is 0.431 e. The van der Waals surface area contributed by atoms with Gasteiger partial charge in [-0.3, -0.25) is 0 Å². The molecule has 0 unspecified atom stereocenters. The molecule has 1 fully saturated rings. The first-order chi connectivity index (χ1) is 10.0. The number of ether oxygens (including phenoxy) is 1. The first-order valence-electron chi connectivity index (χ1n) is 6.06. The van der Waals surface area contributed by atoms with Crippen LogP contribution in [-0.4, -0.2) is 16.5 Å². The third-order valence-electron chi connectivity index (χ3n) is 2.75. The van der Waals surface area contributed by atoms with Crippen LogP contribution in [0.2, 0.25) is 0 Å². The molecule has 112 valence electrons. The number of thiazole rings is 1. The number of nitrogens with zero attached hydrogens (tertiary/aromatic N) is 1. The van der Waals surface area contributed by atoms with E-state index in [0.29, 0.717) is 10.3 Å². The highest BCUT2D eigenvalue weighted by Crippen LogP contribution is 2.45. The number of aromatic nitrogens is 1. The Morgan fingerprint density at radius 1 is 1.10 bits per heavy atom. The van der Waals surface area contributed by atoms with E-state index in [1.54, 1.807) is 12.1 Å². The third kappa shape index (κ3) is 3.67. The summed E-state index contributed by atoms with van der Waals surface area (Å²) in [5.74, 6) is 2.79. The molecule has 0 spiro atoms. The Hall–Kier alpha value is -0.860. The lowest BCUT2D eigenvalue weighted by Crippen LogP contribution is -2.04. The van der Waals surface area contributed by atoms with Crippen LogP contribution in [0.3, 0.4) is 0 Å². The van der Waals surface area contributed by atoms with Crippen molar-refractivity contribution in [3.05, 3.63) is 40.9 Å². The summed E-state index contributed by atoms with van der Waals surface area (Å²) in [7, 11) is 0. The Labute approximate surface area is 132 Å². The van der Waals surface area contributed by atoms with Crippen molar-refractivity contribution < 1.29 is 17.9 Å². The maximum atomic E-state index is 12.4. The van der Waals surface area contributed by atoms with Gasteiger partial charge >= 0.3 is 6.18 Å². The Morgan fingerprint density at radius 2 is 1.76 bits per heavy atom. The molecule has 0 N–H and O–H groups in total. The van der Waals surface area contributed by atoms with E-state index in [9.17, 15) is 13.2 Å². The molecule has 8 heteroatoms. The van der Waals surface area contributed by atoms with Gasteiger partial charge in [-0.2, -0.15) is 18.2 Å². The molecule has 2 nitrogen and oxygen atoms in total. The van der Waals surface area contributed by atoms with Gasteiger partial charge in [0.1, 0.15) is 5.75 Å². The van der Waals surface area contributed by atoms with Gasteiger partial charge in [0.2, 0.25) is 0 Å². The first kappa shape index (κ1) is 15.1. The van der Waals surface area contributed by atoms with Gasteiger partial charge < -0.3 is 4.74 Å². The average molecular weight is 349 g/mol. The second kappa shape index (κ2) is 6.10. The standard InChI is InChI=1S/C13H10F3NOS3/c14-13(15,16)10-7-21-12(17-10)18-9-3-1-8(2-4-9)11-19-5-6-20-11/h1-4,7,11H,5-6H2. The molecule has 0 atom stereocenters. The summed E-state index contributed by atoms with van der Waals surface area (Å²) >= 11 is 4.64. The SMILES string of the molecule is FC(F)(F)c1csc(Oc2ccc(C3SCCS3)cc2)n1. The van der Waals surface area contributed by atoms with Crippen molar-refractivity contribution in [2.45, 2.75) is 10.8 Å². The van der Waals surface area contributed by atoms with Crippen LogP contribution >= 0.6 is 34.9 Å². The molecular weight excluding hydrogens is 339 g/mol. The number of hydrogen-bond donors (Lipinski definition) is 0. The number of alkyl halides is 3.